The van der Waals surface area contributed by atoms with Crippen LogP contribution < -0.4 is 5.01 Å². The summed E-state index contributed by atoms with van der Waals surface area (Å²) >= 11 is 0. The van der Waals surface area contributed by atoms with E-state index in [0.29, 0.717) is 12.2 Å². The van der Waals surface area contributed by atoms with Gasteiger partial charge in [-0.2, -0.15) is 0 Å². The molecule has 3 aromatic rings. The van der Waals surface area contributed by atoms with Crippen molar-refractivity contribution in [3.8, 4) is 0 Å². The third-order valence-corrected chi connectivity index (χ3v) is 3.47. The third-order valence-electron chi connectivity index (χ3n) is 3.47. The number of carboxylic acid groups (broad SMARTS) is 2. The Hall–Kier alpha value is -3.61. The molecule has 134 valence electrons. The van der Waals surface area contributed by atoms with E-state index in [1.165, 1.54) is 10.9 Å². The maximum atomic E-state index is 9.55. The molecule has 0 bridgehead atoms. The number of benzene rings is 1. The van der Waals surface area contributed by atoms with E-state index in [2.05, 4.69) is 58.1 Å². The maximum absolute atomic E-state index is 9.55. The average molecular weight is 353 g/mol. The first-order chi connectivity index (χ1) is 12.5. The Morgan fingerprint density at radius 3 is 2.23 bits per heavy atom. The van der Waals surface area contributed by atoms with Gasteiger partial charge in [0.1, 0.15) is 0 Å². The number of hydrogen-bond acceptors (Lipinski definition) is 4. The highest BCUT2D eigenvalue weighted by molar-refractivity contribution is 5.89. The largest absolute Gasteiger partial charge is 0.478 e. The lowest BCUT2D eigenvalue weighted by molar-refractivity contribution is -0.134. The van der Waals surface area contributed by atoms with Crippen LogP contribution in [0, 0.1) is 0 Å². The molecule has 0 saturated heterocycles. The number of nitrogens with zero attached hydrogens (tertiary/aromatic N) is 3. The van der Waals surface area contributed by atoms with Gasteiger partial charge in [-0.1, -0.05) is 18.2 Å². The molecule has 0 aliphatic heterocycles. The molecular formula is C19H19N3O4. The summed E-state index contributed by atoms with van der Waals surface area (Å²) in [6.07, 6.45) is 6.87. The number of rotatable bonds is 5. The molecule has 2 heterocycles. The number of aliphatic carboxylic acids is 2. The number of pyridine rings is 1. The number of fused-ring (bicyclic) bond motifs is 1. The monoisotopic (exact) mass is 353 g/mol. The van der Waals surface area contributed by atoms with Crippen LogP contribution in [0.4, 0.5) is 5.69 Å². The van der Waals surface area contributed by atoms with Gasteiger partial charge in [0, 0.05) is 42.7 Å². The van der Waals surface area contributed by atoms with Gasteiger partial charge in [0.05, 0.1) is 11.2 Å². The van der Waals surface area contributed by atoms with E-state index >= 15 is 0 Å². The lowest BCUT2D eigenvalue weighted by atomic mass is 10.2. The van der Waals surface area contributed by atoms with Crippen molar-refractivity contribution in [2.24, 2.45) is 0 Å². The van der Waals surface area contributed by atoms with Crippen LogP contribution in [-0.2, 0) is 9.59 Å². The van der Waals surface area contributed by atoms with Gasteiger partial charge in [-0.05, 0) is 31.2 Å². The summed E-state index contributed by atoms with van der Waals surface area (Å²) in [5, 5.41) is 19.1. The zero-order chi connectivity index (χ0) is 18.9. The first-order valence-electron chi connectivity index (χ1n) is 7.90. The van der Waals surface area contributed by atoms with Gasteiger partial charge in [0.2, 0.25) is 0 Å². The Labute approximate surface area is 150 Å². The van der Waals surface area contributed by atoms with Gasteiger partial charge >= 0.3 is 11.9 Å². The van der Waals surface area contributed by atoms with Crippen molar-refractivity contribution in [1.29, 1.82) is 0 Å². The standard InChI is InChI=1S/C15H15N3.C4H4O4/c1-2-17(14-7-10-16-11-8-14)18-12-9-13-5-3-4-6-15(13)18;5-3(6)1-2-4(7)8/h3-12H,2H2,1H3;1-2H,(H,5,6)(H,7,8)/b;2-1-. The molecule has 1 aromatic carbocycles. The Balaban J connectivity index is 0.000000260. The summed E-state index contributed by atoms with van der Waals surface area (Å²) < 4.78 is 2.19. The van der Waals surface area contributed by atoms with E-state index in [4.69, 9.17) is 10.2 Å². The first kappa shape index (κ1) is 18.7. The molecule has 0 saturated carbocycles. The molecule has 0 fully saturated rings. The van der Waals surface area contributed by atoms with Gasteiger partial charge in [-0.3, -0.25) is 14.7 Å². The van der Waals surface area contributed by atoms with Crippen LogP contribution in [0.3, 0.4) is 0 Å². The van der Waals surface area contributed by atoms with E-state index in [-0.39, 0.29) is 0 Å². The van der Waals surface area contributed by atoms with E-state index < -0.39 is 11.9 Å². The smallest absolute Gasteiger partial charge is 0.328 e. The fraction of sp³-hybridized carbons (Fsp3) is 0.105. The quantitative estimate of drug-likeness (QED) is 0.685. The number of para-hydroxylation sites is 1. The Kier molecular flexibility index (Phi) is 6.50. The van der Waals surface area contributed by atoms with Crippen molar-refractivity contribution in [2.45, 2.75) is 6.92 Å². The van der Waals surface area contributed by atoms with Crippen LogP contribution in [0.25, 0.3) is 10.9 Å². The fourth-order valence-electron chi connectivity index (χ4n) is 2.40. The normalized spacial score (nSPS) is 10.3. The predicted molar refractivity (Wildman–Crippen MR) is 99.0 cm³/mol. The summed E-state index contributed by atoms with van der Waals surface area (Å²) in [7, 11) is 0. The van der Waals surface area contributed by atoms with Crippen molar-refractivity contribution in [3.05, 3.63) is 73.2 Å². The average Bonchev–Trinajstić information content (AvgIpc) is 3.06. The van der Waals surface area contributed by atoms with Crippen LogP contribution in [0.1, 0.15) is 6.92 Å². The minimum absolute atomic E-state index is 0.558. The molecule has 0 aliphatic rings. The summed E-state index contributed by atoms with van der Waals surface area (Å²) in [4.78, 5) is 23.2. The third kappa shape index (κ3) is 4.94. The van der Waals surface area contributed by atoms with Crippen molar-refractivity contribution in [2.75, 3.05) is 11.6 Å². The van der Waals surface area contributed by atoms with Gasteiger partial charge < -0.3 is 10.2 Å². The second-order valence-corrected chi connectivity index (χ2v) is 5.15. The van der Waals surface area contributed by atoms with Crippen molar-refractivity contribution in [3.63, 3.8) is 0 Å². The van der Waals surface area contributed by atoms with Crippen molar-refractivity contribution >= 4 is 28.5 Å². The Morgan fingerprint density at radius 1 is 1.04 bits per heavy atom. The van der Waals surface area contributed by atoms with E-state index in [1.54, 1.807) is 0 Å². The number of anilines is 1. The molecule has 2 aromatic heterocycles. The molecule has 7 heteroatoms. The van der Waals surface area contributed by atoms with Gasteiger partial charge in [0.25, 0.3) is 0 Å². The minimum atomic E-state index is -1.26. The zero-order valence-corrected chi connectivity index (χ0v) is 14.2. The van der Waals surface area contributed by atoms with Crippen molar-refractivity contribution in [1.82, 2.24) is 9.66 Å². The SMILES string of the molecule is CCN(c1ccncc1)n1ccc2ccccc21.O=C(O)/C=C\C(=O)O. The maximum Gasteiger partial charge on any atom is 0.328 e. The zero-order valence-electron chi connectivity index (χ0n) is 14.2. The molecule has 2 N–H and O–H groups in total. The minimum Gasteiger partial charge on any atom is -0.478 e. The number of aromatic nitrogens is 2. The van der Waals surface area contributed by atoms with Crippen LogP contribution >= 0.6 is 0 Å². The summed E-state index contributed by atoms with van der Waals surface area (Å²) in [6, 6.07) is 14.6. The topological polar surface area (TPSA) is 95.7 Å². The molecule has 7 nitrogen and oxygen atoms in total. The molecule has 0 amide bonds. The van der Waals surface area contributed by atoms with Gasteiger partial charge in [0.15, 0.2) is 0 Å². The highest BCUT2D eigenvalue weighted by Gasteiger charge is 2.08. The molecule has 0 unspecified atom stereocenters. The second kappa shape index (κ2) is 9.03. The fourth-order valence-corrected chi connectivity index (χ4v) is 2.40. The second-order valence-electron chi connectivity index (χ2n) is 5.15. The van der Waals surface area contributed by atoms with E-state index in [9.17, 15) is 9.59 Å². The Morgan fingerprint density at radius 2 is 1.65 bits per heavy atom. The molecule has 3 rings (SSSR count). The molecule has 0 radical (unpaired) electrons. The van der Waals surface area contributed by atoms with Crippen LogP contribution in [0.2, 0.25) is 0 Å². The highest BCUT2D eigenvalue weighted by atomic mass is 16.4. The summed E-state index contributed by atoms with van der Waals surface area (Å²) in [5.74, 6) is -2.51. The van der Waals surface area contributed by atoms with Crippen molar-refractivity contribution < 1.29 is 19.8 Å². The summed E-state index contributed by atoms with van der Waals surface area (Å²) in [5.41, 5.74) is 2.37. The molecule has 0 spiro atoms. The lowest BCUT2D eigenvalue weighted by Crippen LogP contribution is -2.28. The van der Waals surface area contributed by atoms with Gasteiger partial charge in [-0.25, -0.2) is 9.59 Å². The summed E-state index contributed by atoms with van der Waals surface area (Å²) in [6.45, 7) is 3.05. The Bertz CT molecular complexity index is 887. The van der Waals surface area contributed by atoms with E-state index in [0.717, 1.165) is 12.2 Å². The lowest BCUT2D eigenvalue weighted by Gasteiger charge is -2.25. The number of carboxylic acids is 2. The van der Waals surface area contributed by atoms with E-state index in [1.807, 2.05) is 24.5 Å². The molecular weight excluding hydrogens is 334 g/mol. The van der Waals surface area contributed by atoms with Crippen LogP contribution in [-0.4, -0.2) is 38.4 Å². The first-order valence-corrected chi connectivity index (χ1v) is 7.90. The molecule has 0 aliphatic carbocycles. The molecule has 0 atom stereocenters. The predicted octanol–water partition coefficient (Wildman–Crippen LogP) is 3.04. The van der Waals surface area contributed by atoms with Gasteiger partial charge in [-0.15, -0.1) is 0 Å². The van der Waals surface area contributed by atoms with Crippen LogP contribution in [0.5, 0.6) is 0 Å². The highest BCUT2D eigenvalue weighted by Crippen LogP contribution is 2.20. The number of hydrogen-bond donors (Lipinski definition) is 2. The van der Waals surface area contributed by atoms with Crippen LogP contribution in [0.15, 0.2) is 73.2 Å². The molecule has 26 heavy (non-hydrogen) atoms. The number of carbonyl (C=O) groups is 2.